The molecule has 2 N–H and O–H groups in total. The van der Waals surface area contributed by atoms with Gasteiger partial charge >= 0.3 is 0 Å². The highest BCUT2D eigenvalue weighted by atomic mass is 32.1. The van der Waals surface area contributed by atoms with Crippen molar-refractivity contribution >= 4 is 23.0 Å². The second-order valence-corrected chi connectivity index (χ2v) is 7.77. The van der Waals surface area contributed by atoms with Gasteiger partial charge in [-0.1, -0.05) is 57.2 Å². The lowest BCUT2D eigenvalue weighted by molar-refractivity contribution is -0.385. The topological polar surface area (TPSA) is 67.2 Å². The standard InChI is InChI=1S/C20H25N3O2S/c1-14-5-6-16(11-18(14)23(24)25)13-22-19(26)21-12-15-7-9-17(10-8-15)20(2,3)4/h5-11H,12-13H2,1-4H3,(H2,21,22,26). The molecular weight excluding hydrogens is 346 g/mol. The van der Waals surface area contributed by atoms with E-state index in [1.165, 1.54) is 5.56 Å². The summed E-state index contributed by atoms with van der Waals surface area (Å²) in [6, 6.07) is 13.7. The smallest absolute Gasteiger partial charge is 0.272 e. The van der Waals surface area contributed by atoms with Crippen LogP contribution in [0.5, 0.6) is 0 Å². The molecule has 2 rings (SSSR count). The number of rotatable bonds is 5. The van der Waals surface area contributed by atoms with Crippen LogP contribution < -0.4 is 10.6 Å². The second-order valence-electron chi connectivity index (χ2n) is 7.36. The molecule has 0 fully saturated rings. The molecule has 0 unspecified atom stereocenters. The third kappa shape index (κ3) is 5.52. The molecule has 0 aliphatic rings. The molecule has 0 atom stereocenters. The van der Waals surface area contributed by atoms with Crippen molar-refractivity contribution in [3.05, 3.63) is 74.8 Å². The molecule has 0 aliphatic carbocycles. The number of nitrogens with one attached hydrogen (secondary N) is 2. The zero-order valence-electron chi connectivity index (χ0n) is 15.6. The SMILES string of the molecule is Cc1ccc(CNC(=S)NCc2ccc(C(C)(C)C)cc2)cc1[N+](=O)[O-]. The molecule has 0 radical (unpaired) electrons. The Bertz CT molecular complexity index is 796. The van der Waals surface area contributed by atoms with Crippen molar-refractivity contribution in [2.24, 2.45) is 0 Å². The van der Waals surface area contributed by atoms with E-state index < -0.39 is 0 Å². The van der Waals surface area contributed by atoms with Gasteiger partial charge in [0.15, 0.2) is 5.11 Å². The maximum absolute atomic E-state index is 11.0. The van der Waals surface area contributed by atoms with Gasteiger partial charge in [0.2, 0.25) is 0 Å². The summed E-state index contributed by atoms with van der Waals surface area (Å²) < 4.78 is 0. The number of hydrogen-bond donors (Lipinski definition) is 2. The maximum Gasteiger partial charge on any atom is 0.272 e. The van der Waals surface area contributed by atoms with Crippen molar-refractivity contribution in [1.82, 2.24) is 10.6 Å². The third-order valence-corrected chi connectivity index (χ3v) is 4.49. The molecule has 0 saturated heterocycles. The molecule has 0 saturated carbocycles. The van der Waals surface area contributed by atoms with Crippen LogP contribution in [0, 0.1) is 17.0 Å². The summed E-state index contributed by atoms with van der Waals surface area (Å²) in [5.41, 5.74) is 4.18. The van der Waals surface area contributed by atoms with Crippen LogP contribution in [0.3, 0.4) is 0 Å². The van der Waals surface area contributed by atoms with Crippen LogP contribution in [-0.2, 0) is 18.5 Å². The molecule has 0 aromatic heterocycles. The van der Waals surface area contributed by atoms with Crippen molar-refractivity contribution < 1.29 is 4.92 Å². The highest BCUT2D eigenvalue weighted by Gasteiger charge is 2.13. The normalized spacial score (nSPS) is 11.1. The summed E-state index contributed by atoms with van der Waals surface area (Å²) in [5.74, 6) is 0. The second kappa shape index (κ2) is 8.27. The minimum Gasteiger partial charge on any atom is -0.359 e. The van der Waals surface area contributed by atoms with Gasteiger partial charge in [-0.2, -0.15) is 0 Å². The van der Waals surface area contributed by atoms with Crippen molar-refractivity contribution in [3.8, 4) is 0 Å². The van der Waals surface area contributed by atoms with E-state index in [0.717, 1.165) is 11.1 Å². The van der Waals surface area contributed by atoms with E-state index in [0.29, 0.717) is 23.8 Å². The van der Waals surface area contributed by atoms with Crippen LogP contribution >= 0.6 is 12.2 Å². The van der Waals surface area contributed by atoms with Crippen LogP contribution in [-0.4, -0.2) is 10.0 Å². The minimum absolute atomic E-state index is 0.127. The Morgan fingerprint density at radius 2 is 1.58 bits per heavy atom. The largest absolute Gasteiger partial charge is 0.359 e. The number of nitro groups is 1. The van der Waals surface area contributed by atoms with Crippen molar-refractivity contribution in [2.45, 2.75) is 46.2 Å². The predicted molar refractivity (Wildman–Crippen MR) is 109 cm³/mol. The quantitative estimate of drug-likeness (QED) is 0.464. The fourth-order valence-corrected chi connectivity index (χ4v) is 2.66. The van der Waals surface area contributed by atoms with E-state index >= 15 is 0 Å². The molecule has 138 valence electrons. The van der Waals surface area contributed by atoms with Gasteiger partial charge in [-0.05, 0) is 41.2 Å². The van der Waals surface area contributed by atoms with Crippen LogP contribution in [0.25, 0.3) is 0 Å². The van der Waals surface area contributed by atoms with Crippen LogP contribution in [0.1, 0.15) is 43.0 Å². The third-order valence-electron chi connectivity index (χ3n) is 4.20. The number of nitro benzene ring substituents is 1. The summed E-state index contributed by atoms with van der Waals surface area (Å²) >= 11 is 5.29. The highest BCUT2D eigenvalue weighted by molar-refractivity contribution is 7.80. The van der Waals surface area contributed by atoms with Crippen molar-refractivity contribution in [1.29, 1.82) is 0 Å². The van der Waals surface area contributed by atoms with Gasteiger partial charge in [-0.25, -0.2) is 0 Å². The van der Waals surface area contributed by atoms with E-state index in [1.54, 1.807) is 19.1 Å². The minimum atomic E-state index is -0.364. The molecule has 0 spiro atoms. The molecule has 26 heavy (non-hydrogen) atoms. The summed E-state index contributed by atoms with van der Waals surface area (Å²) in [6.07, 6.45) is 0. The molecule has 2 aromatic rings. The fourth-order valence-electron chi connectivity index (χ4n) is 2.51. The monoisotopic (exact) mass is 371 g/mol. The van der Waals surface area contributed by atoms with E-state index in [9.17, 15) is 10.1 Å². The molecule has 0 aliphatic heterocycles. The maximum atomic E-state index is 11.0. The Labute approximate surface area is 160 Å². The van der Waals surface area contributed by atoms with E-state index in [-0.39, 0.29) is 16.0 Å². The van der Waals surface area contributed by atoms with Gasteiger partial charge in [0, 0.05) is 24.7 Å². The highest BCUT2D eigenvalue weighted by Crippen LogP contribution is 2.22. The van der Waals surface area contributed by atoms with E-state index in [4.69, 9.17) is 12.2 Å². The first-order chi connectivity index (χ1) is 12.2. The predicted octanol–water partition coefficient (Wildman–Crippen LogP) is 4.37. The zero-order valence-corrected chi connectivity index (χ0v) is 16.4. The van der Waals surface area contributed by atoms with E-state index in [2.05, 4.69) is 55.7 Å². The average molecular weight is 372 g/mol. The van der Waals surface area contributed by atoms with Crippen LogP contribution in [0.15, 0.2) is 42.5 Å². The summed E-state index contributed by atoms with van der Waals surface area (Å²) in [4.78, 5) is 10.6. The van der Waals surface area contributed by atoms with Crippen molar-refractivity contribution in [3.63, 3.8) is 0 Å². The molecule has 5 nitrogen and oxygen atoms in total. The Morgan fingerprint density at radius 1 is 1.04 bits per heavy atom. The Kier molecular flexibility index (Phi) is 6.32. The van der Waals surface area contributed by atoms with Gasteiger partial charge in [0.05, 0.1) is 4.92 Å². The molecule has 6 heteroatoms. The Balaban J connectivity index is 1.86. The van der Waals surface area contributed by atoms with Gasteiger partial charge in [-0.3, -0.25) is 10.1 Å². The summed E-state index contributed by atoms with van der Waals surface area (Å²) in [5, 5.41) is 17.8. The fraction of sp³-hybridized carbons (Fsp3) is 0.350. The number of aryl methyl sites for hydroxylation is 1. The first-order valence-electron chi connectivity index (χ1n) is 8.52. The summed E-state index contributed by atoms with van der Waals surface area (Å²) in [6.45, 7) is 9.37. The summed E-state index contributed by atoms with van der Waals surface area (Å²) in [7, 11) is 0. The molecular formula is C20H25N3O2S. The van der Waals surface area contributed by atoms with Gasteiger partial charge in [0.1, 0.15) is 0 Å². The molecule has 0 bridgehead atoms. The number of thiocarbonyl (C=S) groups is 1. The van der Waals surface area contributed by atoms with Crippen molar-refractivity contribution in [2.75, 3.05) is 0 Å². The zero-order chi connectivity index (χ0) is 19.3. The van der Waals surface area contributed by atoms with Gasteiger partial charge in [0.25, 0.3) is 5.69 Å². The average Bonchev–Trinajstić information content (AvgIpc) is 2.58. The Morgan fingerprint density at radius 3 is 2.12 bits per heavy atom. The molecule has 0 heterocycles. The first kappa shape index (κ1) is 19.8. The number of hydrogen-bond acceptors (Lipinski definition) is 3. The number of benzene rings is 2. The van der Waals surface area contributed by atoms with Gasteiger partial charge in [-0.15, -0.1) is 0 Å². The Hall–Kier alpha value is -2.47. The van der Waals surface area contributed by atoms with E-state index in [1.807, 2.05) is 6.07 Å². The lowest BCUT2D eigenvalue weighted by atomic mass is 9.87. The van der Waals surface area contributed by atoms with Crippen LogP contribution in [0.4, 0.5) is 5.69 Å². The molecule has 2 aromatic carbocycles. The lowest BCUT2D eigenvalue weighted by Gasteiger charge is -2.19. The first-order valence-corrected chi connectivity index (χ1v) is 8.92. The van der Waals surface area contributed by atoms with Crippen LogP contribution in [0.2, 0.25) is 0 Å². The molecule has 0 amide bonds. The van der Waals surface area contributed by atoms with Gasteiger partial charge < -0.3 is 10.6 Å². The number of nitrogens with zero attached hydrogens (tertiary/aromatic N) is 1. The lowest BCUT2D eigenvalue weighted by Crippen LogP contribution is -2.34.